The molecule has 1 heterocycles. The van der Waals surface area contributed by atoms with Crippen molar-refractivity contribution in [3.63, 3.8) is 0 Å². The Bertz CT molecular complexity index is 175. The molecule has 0 aromatic heterocycles. The first-order chi connectivity index (χ1) is 5.18. The van der Waals surface area contributed by atoms with Crippen LogP contribution in [0.15, 0.2) is 12.2 Å². The Kier molecular flexibility index (Phi) is 2.65. The molecular weight excluding hydrogens is 142 g/mol. The van der Waals surface area contributed by atoms with Gasteiger partial charge in [0.2, 0.25) is 5.91 Å². The molecule has 0 radical (unpaired) electrons. The molecule has 0 aromatic carbocycles. The summed E-state index contributed by atoms with van der Waals surface area (Å²) in [6.45, 7) is 4.51. The van der Waals surface area contributed by atoms with Crippen LogP contribution in [-0.4, -0.2) is 24.7 Å². The van der Waals surface area contributed by atoms with Gasteiger partial charge in [-0.2, -0.15) is 0 Å². The van der Waals surface area contributed by atoms with Crippen LogP contribution < -0.4 is 5.32 Å². The molecule has 3 nitrogen and oxygen atoms in total. The topological polar surface area (TPSA) is 38.3 Å². The molecule has 0 saturated carbocycles. The first-order valence-electron chi connectivity index (χ1n) is 3.79. The molecule has 1 rings (SSSR count). The number of nitrogens with one attached hydrogen (secondary N) is 1. The number of hydrogen-bond acceptors (Lipinski definition) is 2. The minimum atomic E-state index is -0.0256. The summed E-state index contributed by atoms with van der Waals surface area (Å²) in [6, 6.07) is 0.0740. The fourth-order valence-electron chi connectivity index (χ4n) is 0.876. The highest BCUT2D eigenvalue weighted by Crippen LogP contribution is 1.98. The summed E-state index contributed by atoms with van der Waals surface area (Å²) in [6.07, 6.45) is 3.58. The Morgan fingerprint density at radius 2 is 2.45 bits per heavy atom. The van der Waals surface area contributed by atoms with Crippen LogP contribution in [0.4, 0.5) is 0 Å². The second-order valence-electron chi connectivity index (χ2n) is 2.86. The monoisotopic (exact) mass is 155 g/mol. The molecule has 3 heteroatoms. The summed E-state index contributed by atoms with van der Waals surface area (Å²) in [5.41, 5.74) is 0. The normalized spacial score (nSPS) is 22.8. The van der Waals surface area contributed by atoms with Gasteiger partial charge in [-0.1, -0.05) is 6.08 Å². The van der Waals surface area contributed by atoms with Crippen LogP contribution in [0.5, 0.6) is 0 Å². The first-order valence-corrected chi connectivity index (χ1v) is 3.79. The Morgan fingerprint density at radius 3 is 2.91 bits per heavy atom. The van der Waals surface area contributed by atoms with Crippen molar-refractivity contribution in [2.45, 2.75) is 26.0 Å². The van der Waals surface area contributed by atoms with E-state index in [0.717, 1.165) is 0 Å². The van der Waals surface area contributed by atoms with Crippen LogP contribution in [-0.2, 0) is 9.53 Å². The van der Waals surface area contributed by atoms with Gasteiger partial charge in [-0.05, 0) is 13.8 Å². The Hall–Kier alpha value is -0.830. The van der Waals surface area contributed by atoms with Gasteiger partial charge in [0.15, 0.2) is 0 Å². The lowest BCUT2D eigenvalue weighted by Gasteiger charge is -2.11. The highest BCUT2D eigenvalue weighted by molar-refractivity contribution is 5.90. The number of ether oxygens (including phenoxy) is 1. The standard InChI is InChI=1S/C8H13NO2/c1-6(2)11-5-7-3-4-8(10)9-7/h3-4,6-7H,5H2,1-2H3,(H,9,10)/t7-/m1/s1. The van der Waals surface area contributed by atoms with Crippen LogP contribution in [0.2, 0.25) is 0 Å². The zero-order chi connectivity index (χ0) is 8.27. The van der Waals surface area contributed by atoms with Crippen LogP contribution in [0.1, 0.15) is 13.8 Å². The molecule has 0 aromatic rings. The molecule has 1 aliphatic rings. The van der Waals surface area contributed by atoms with E-state index in [1.165, 1.54) is 6.08 Å². The van der Waals surface area contributed by atoms with E-state index in [-0.39, 0.29) is 18.1 Å². The number of carbonyl (C=O) groups excluding carboxylic acids is 1. The van der Waals surface area contributed by atoms with Gasteiger partial charge in [0, 0.05) is 6.08 Å². The van der Waals surface area contributed by atoms with Crippen LogP contribution in [0, 0.1) is 0 Å². The van der Waals surface area contributed by atoms with Gasteiger partial charge in [-0.3, -0.25) is 4.79 Å². The first kappa shape index (κ1) is 8.27. The molecule has 62 valence electrons. The maximum absolute atomic E-state index is 10.6. The SMILES string of the molecule is CC(C)OC[C@H]1C=CC(=O)N1. The Balaban J connectivity index is 2.19. The van der Waals surface area contributed by atoms with Gasteiger partial charge in [0.25, 0.3) is 0 Å². The zero-order valence-electron chi connectivity index (χ0n) is 6.83. The van der Waals surface area contributed by atoms with Crippen molar-refractivity contribution < 1.29 is 9.53 Å². The maximum atomic E-state index is 10.6. The van der Waals surface area contributed by atoms with Crippen molar-refractivity contribution >= 4 is 5.91 Å². The minimum absolute atomic E-state index is 0.0256. The van der Waals surface area contributed by atoms with Gasteiger partial charge < -0.3 is 10.1 Å². The van der Waals surface area contributed by atoms with Crippen LogP contribution in [0.3, 0.4) is 0 Å². The fraction of sp³-hybridized carbons (Fsp3) is 0.625. The highest BCUT2D eigenvalue weighted by Gasteiger charge is 2.13. The summed E-state index contributed by atoms with van der Waals surface area (Å²) in [5, 5.41) is 2.73. The van der Waals surface area contributed by atoms with Crippen molar-refractivity contribution in [2.24, 2.45) is 0 Å². The van der Waals surface area contributed by atoms with Crippen molar-refractivity contribution in [3.05, 3.63) is 12.2 Å². The average Bonchev–Trinajstić information content (AvgIpc) is 2.31. The van der Waals surface area contributed by atoms with Crippen molar-refractivity contribution in [2.75, 3.05) is 6.61 Å². The van der Waals surface area contributed by atoms with Gasteiger partial charge in [-0.25, -0.2) is 0 Å². The molecule has 0 aliphatic carbocycles. The predicted octanol–water partition coefficient (Wildman–Crippen LogP) is 0.466. The Morgan fingerprint density at radius 1 is 1.73 bits per heavy atom. The second kappa shape index (κ2) is 3.53. The molecule has 1 aliphatic heterocycles. The largest absolute Gasteiger partial charge is 0.376 e. The van der Waals surface area contributed by atoms with E-state index in [1.54, 1.807) is 0 Å². The van der Waals surface area contributed by atoms with Gasteiger partial charge in [0.1, 0.15) is 0 Å². The summed E-state index contributed by atoms with van der Waals surface area (Å²) < 4.78 is 5.31. The molecule has 1 atom stereocenters. The molecule has 0 fully saturated rings. The lowest BCUT2D eigenvalue weighted by atomic mass is 10.3. The van der Waals surface area contributed by atoms with E-state index in [1.807, 2.05) is 19.9 Å². The molecule has 0 saturated heterocycles. The van der Waals surface area contributed by atoms with E-state index in [9.17, 15) is 4.79 Å². The predicted molar refractivity (Wildman–Crippen MR) is 42.2 cm³/mol. The third-order valence-corrected chi connectivity index (χ3v) is 1.42. The van der Waals surface area contributed by atoms with E-state index in [2.05, 4.69) is 5.32 Å². The lowest BCUT2D eigenvalue weighted by molar-refractivity contribution is -0.116. The third kappa shape index (κ3) is 2.72. The molecular formula is C8H13NO2. The summed E-state index contributed by atoms with van der Waals surface area (Å²) in [4.78, 5) is 10.6. The average molecular weight is 155 g/mol. The molecule has 1 N–H and O–H groups in total. The van der Waals surface area contributed by atoms with Gasteiger partial charge in [-0.15, -0.1) is 0 Å². The number of hydrogen-bond donors (Lipinski definition) is 1. The van der Waals surface area contributed by atoms with E-state index in [0.29, 0.717) is 6.61 Å². The molecule has 0 spiro atoms. The summed E-state index contributed by atoms with van der Waals surface area (Å²) in [7, 11) is 0. The molecule has 11 heavy (non-hydrogen) atoms. The lowest BCUT2D eigenvalue weighted by Crippen LogP contribution is -2.31. The van der Waals surface area contributed by atoms with Crippen molar-refractivity contribution in [3.8, 4) is 0 Å². The van der Waals surface area contributed by atoms with Crippen molar-refractivity contribution in [1.29, 1.82) is 0 Å². The molecule has 1 amide bonds. The third-order valence-electron chi connectivity index (χ3n) is 1.42. The molecule has 0 unspecified atom stereocenters. The highest BCUT2D eigenvalue weighted by atomic mass is 16.5. The maximum Gasteiger partial charge on any atom is 0.244 e. The minimum Gasteiger partial charge on any atom is -0.376 e. The van der Waals surface area contributed by atoms with Crippen LogP contribution in [0.25, 0.3) is 0 Å². The number of carbonyl (C=O) groups is 1. The summed E-state index contributed by atoms with van der Waals surface area (Å²) in [5.74, 6) is -0.0256. The summed E-state index contributed by atoms with van der Waals surface area (Å²) >= 11 is 0. The van der Waals surface area contributed by atoms with Gasteiger partial charge in [0.05, 0.1) is 18.8 Å². The number of amides is 1. The van der Waals surface area contributed by atoms with Gasteiger partial charge >= 0.3 is 0 Å². The number of rotatable bonds is 3. The van der Waals surface area contributed by atoms with E-state index in [4.69, 9.17) is 4.74 Å². The second-order valence-corrected chi connectivity index (χ2v) is 2.86. The fourth-order valence-corrected chi connectivity index (χ4v) is 0.876. The van der Waals surface area contributed by atoms with E-state index < -0.39 is 0 Å². The molecule has 0 bridgehead atoms. The smallest absolute Gasteiger partial charge is 0.244 e. The van der Waals surface area contributed by atoms with Crippen molar-refractivity contribution in [1.82, 2.24) is 5.32 Å². The quantitative estimate of drug-likeness (QED) is 0.643. The zero-order valence-corrected chi connectivity index (χ0v) is 6.83. The Labute approximate surface area is 66.4 Å². The van der Waals surface area contributed by atoms with Crippen LogP contribution >= 0.6 is 0 Å². The van der Waals surface area contributed by atoms with E-state index >= 15 is 0 Å².